The van der Waals surface area contributed by atoms with Crippen molar-refractivity contribution in [3.05, 3.63) is 51.6 Å². The van der Waals surface area contributed by atoms with Crippen molar-refractivity contribution < 1.29 is 0 Å². The zero-order valence-electron chi connectivity index (χ0n) is 10.2. The minimum Gasteiger partial charge on any atom is -0.340 e. The van der Waals surface area contributed by atoms with Crippen LogP contribution in [-0.4, -0.2) is 4.98 Å². The Morgan fingerprint density at radius 3 is 2.29 bits per heavy atom. The lowest BCUT2D eigenvalue weighted by Gasteiger charge is -2.13. The predicted molar refractivity (Wildman–Crippen MR) is 75.9 cm³/mol. The SMILES string of the molecule is Cc1cc(Br)cnc1Nc1c(C)cccc1C. The zero-order valence-corrected chi connectivity index (χ0v) is 11.8. The summed E-state index contributed by atoms with van der Waals surface area (Å²) in [6.07, 6.45) is 1.81. The third-order valence-electron chi connectivity index (χ3n) is 2.77. The molecule has 0 fully saturated rings. The third kappa shape index (κ3) is 2.67. The standard InChI is InChI=1S/C14H15BrN2/c1-9-5-4-6-10(2)13(9)17-14-11(3)7-12(15)8-16-14/h4-8H,1-3H3,(H,16,17). The summed E-state index contributed by atoms with van der Waals surface area (Å²) in [7, 11) is 0. The van der Waals surface area contributed by atoms with Gasteiger partial charge in [-0.3, -0.25) is 0 Å². The number of halogens is 1. The Balaban J connectivity index is 2.38. The summed E-state index contributed by atoms with van der Waals surface area (Å²) >= 11 is 3.42. The molecular formula is C14H15BrN2. The minimum absolute atomic E-state index is 0.908. The number of benzene rings is 1. The average Bonchev–Trinajstić information content (AvgIpc) is 2.26. The summed E-state index contributed by atoms with van der Waals surface area (Å²) in [6.45, 7) is 6.25. The molecule has 0 unspecified atom stereocenters. The molecule has 2 rings (SSSR count). The lowest BCUT2D eigenvalue weighted by Crippen LogP contribution is -2.00. The molecule has 0 radical (unpaired) electrons. The maximum atomic E-state index is 4.40. The Kier molecular flexibility index (Phi) is 3.48. The summed E-state index contributed by atoms with van der Waals surface area (Å²) < 4.78 is 1.00. The van der Waals surface area contributed by atoms with Gasteiger partial charge in [-0.15, -0.1) is 0 Å². The molecular weight excluding hydrogens is 276 g/mol. The fraction of sp³-hybridized carbons (Fsp3) is 0.214. The lowest BCUT2D eigenvalue weighted by molar-refractivity contribution is 1.23. The molecule has 0 bridgehead atoms. The fourth-order valence-electron chi connectivity index (χ4n) is 1.80. The van der Waals surface area contributed by atoms with Gasteiger partial charge in [0.25, 0.3) is 0 Å². The molecule has 1 heterocycles. The highest BCUT2D eigenvalue weighted by atomic mass is 79.9. The van der Waals surface area contributed by atoms with Crippen molar-refractivity contribution in [3.63, 3.8) is 0 Å². The van der Waals surface area contributed by atoms with Crippen molar-refractivity contribution in [3.8, 4) is 0 Å². The van der Waals surface area contributed by atoms with Gasteiger partial charge in [-0.2, -0.15) is 0 Å². The molecule has 0 aliphatic carbocycles. The van der Waals surface area contributed by atoms with E-state index in [2.05, 4.69) is 64.3 Å². The highest BCUT2D eigenvalue weighted by Gasteiger charge is 2.05. The van der Waals surface area contributed by atoms with Crippen molar-refractivity contribution in [1.82, 2.24) is 4.98 Å². The van der Waals surface area contributed by atoms with Crippen LogP contribution in [0, 0.1) is 20.8 Å². The largest absolute Gasteiger partial charge is 0.340 e. The van der Waals surface area contributed by atoms with E-state index in [1.807, 2.05) is 13.1 Å². The summed E-state index contributed by atoms with van der Waals surface area (Å²) in [4.78, 5) is 4.40. The number of anilines is 2. The van der Waals surface area contributed by atoms with Gasteiger partial charge in [-0.05, 0) is 59.5 Å². The quantitative estimate of drug-likeness (QED) is 0.880. The van der Waals surface area contributed by atoms with Crippen molar-refractivity contribution in [2.24, 2.45) is 0 Å². The number of hydrogen-bond donors (Lipinski definition) is 1. The molecule has 2 aromatic rings. The van der Waals surface area contributed by atoms with E-state index >= 15 is 0 Å². The van der Waals surface area contributed by atoms with Crippen LogP contribution in [0.3, 0.4) is 0 Å². The van der Waals surface area contributed by atoms with Crippen LogP contribution in [0.5, 0.6) is 0 Å². The monoisotopic (exact) mass is 290 g/mol. The average molecular weight is 291 g/mol. The molecule has 0 saturated heterocycles. The van der Waals surface area contributed by atoms with Crippen molar-refractivity contribution in [2.45, 2.75) is 20.8 Å². The van der Waals surface area contributed by atoms with E-state index in [1.165, 1.54) is 11.1 Å². The first kappa shape index (κ1) is 12.1. The smallest absolute Gasteiger partial charge is 0.133 e. The Morgan fingerprint density at radius 2 is 1.71 bits per heavy atom. The second-order valence-corrected chi connectivity index (χ2v) is 5.13. The number of aryl methyl sites for hydroxylation is 3. The van der Waals surface area contributed by atoms with Gasteiger partial charge in [0, 0.05) is 16.4 Å². The van der Waals surface area contributed by atoms with Gasteiger partial charge in [0.1, 0.15) is 5.82 Å². The van der Waals surface area contributed by atoms with E-state index in [9.17, 15) is 0 Å². The summed E-state index contributed by atoms with van der Waals surface area (Å²) in [5.41, 5.74) is 4.73. The molecule has 1 aromatic carbocycles. The molecule has 2 nitrogen and oxygen atoms in total. The van der Waals surface area contributed by atoms with Gasteiger partial charge in [-0.25, -0.2) is 4.98 Å². The first-order valence-electron chi connectivity index (χ1n) is 5.53. The first-order valence-corrected chi connectivity index (χ1v) is 6.32. The Labute approximate surface area is 110 Å². The topological polar surface area (TPSA) is 24.9 Å². The molecule has 0 aliphatic rings. The van der Waals surface area contributed by atoms with E-state index < -0.39 is 0 Å². The Hall–Kier alpha value is -1.35. The van der Waals surface area contributed by atoms with Crippen molar-refractivity contribution in [2.75, 3.05) is 5.32 Å². The van der Waals surface area contributed by atoms with Gasteiger partial charge in [0.2, 0.25) is 0 Å². The van der Waals surface area contributed by atoms with E-state index in [0.29, 0.717) is 0 Å². The van der Waals surface area contributed by atoms with Crippen LogP contribution in [0.4, 0.5) is 11.5 Å². The summed E-state index contributed by atoms with van der Waals surface area (Å²) in [5.74, 6) is 0.908. The molecule has 0 amide bonds. The maximum Gasteiger partial charge on any atom is 0.133 e. The number of pyridine rings is 1. The van der Waals surface area contributed by atoms with Crippen LogP contribution in [-0.2, 0) is 0 Å². The van der Waals surface area contributed by atoms with E-state index in [4.69, 9.17) is 0 Å². The molecule has 1 N–H and O–H groups in total. The van der Waals surface area contributed by atoms with Crippen LogP contribution in [0.1, 0.15) is 16.7 Å². The van der Waals surface area contributed by atoms with Crippen LogP contribution in [0.2, 0.25) is 0 Å². The molecule has 0 atom stereocenters. The number of para-hydroxylation sites is 1. The van der Waals surface area contributed by atoms with Crippen molar-refractivity contribution >= 4 is 27.4 Å². The zero-order chi connectivity index (χ0) is 12.4. The summed E-state index contributed by atoms with van der Waals surface area (Å²) in [6, 6.07) is 8.33. The number of rotatable bonds is 2. The highest BCUT2D eigenvalue weighted by Crippen LogP contribution is 2.25. The molecule has 0 saturated carbocycles. The lowest BCUT2D eigenvalue weighted by atomic mass is 10.1. The second-order valence-electron chi connectivity index (χ2n) is 4.21. The molecule has 88 valence electrons. The molecule has 3 heteroatoms. The van der Waals surface area contributed by atoms with E-state index in [1.54, 1.807) is 0 Å². The molecule has 0 spiro atoms. The molecule has 17 heavy (non-hydrogen) atoms. The van der Waals surface area contributed by atoms with Gasteiger partial charge >= 0.3 is 0 Å². The number of nitrogens with one attached hydrogen (secondary N) is 1. The number of nitrogens with zero attached hydrogens (tertiary/aromatic N) is 1. The summed E-state index contributed by atoms with van der Waals surface area (Å²) in [5, 5.41) is 3.40. The normalized spacial score (nSPS) is 10.4. The van der Waals surface area contributed by atoms with Gasteiger partial charge in [0.15, 0.2) is 0 Å². The predicted octanol–water partition coefficient (Wildman–Crippen LogP) is 4.51. The van der Waals surface area contributed by atoms with Crippen LogP contribution in [0.15, 0.2) is 34.9 Å². The Morgan fingerprint density at radius 1 is 1.06 bits per heavy atom. The van der Waals surface area contributed by atoms with Crippen LogP contribution < -0.4 is 5.32 Å². The number of aromatic nitrogens is 1. The molecule has 0 aliphatic heterocycles. The second kappa shape index (κ2) is 4.88. The van der Waals surface area contributed by atoms with Gasteiger partial charge in [0.05, 0.1) is 0 Å². The Bertz CT molecular complexity index is 530. The third-order valence-corrected chi connectivity index (χ3v) is 3.20. The van der Waals surface area contributed by atoms with Crippen LogP contribution >= 0.6 is 15.9 Å². The highest BCUT2D eigenvalue weighted by molar-refractivity contribution is 9.10. The maximum absolute atomic E-state index is 4.40. The molecule has 1 aromatic heterocycles. The van der Waals surface area contributed by atoms with Gasteiger partial charge in [-0.1, -0.05) is 18.2 Å². The van der Waals surface area contributed by atoms with Crippen molar-refractivity contribution in [1.29, 1.82) is 0 Å². The number of hydrogen-bond acceptors (Lipinski definition) is 2. The fourth-order valence-corrected chi connectivity index (χ4v) is 2.25. The first-order chi connectivity index (χ1) is 8.08. The van der Waals surface area contributed by atoms with E-state index in [-0.39, 0.29) is 0 Å². The van der Waals surface area contributed by atoms with Crippen LogP contribution in [0.25, 0.3) is 0 Å². The minimum atomic E-state index is 0.908. The van der Waals surface area contributed by atoms with Gasteiger partial charge < -0.3 is 5.32 Å². The van der Waals surface area contributed by atoms with E-state index in [0.717, 1.165) is 21.5 Å².